The van der Waals surface area contributed by atoms with Gasteiger partial charge in [-0.3, -0.25) is 0 Å². The van der Waals surface area contributed by atoms with E-state index < -0.39 is 12.6 Å². The molecule has 0 amide bonds. The predicted octanol–water partition coefficient (Wildman–Crippen LogP) is 4.24. The zero-order chi connectivity index (χ0) is 19.6. The first-order chi connectivity index (χ1) is 13.0. The molecule has 0 bridgehead atoms. The van der Waals surface area contributed by atoms with Crippen LogP contribution in [0.4, 0.5) is 8.78 Å². The Labute approximate surface area is 156 Å². The maximum absolute atomic E-state index is 12.3. The Morgan fingerprint density at radius 3 is 2.48 bits per heavy atom. The van der Waals surface area contributed by atoms with Crippen LogP contribution in [0.1, 0.15) is 11.1 Å². The molecule has 0 spiro atoms. The van der Waals surface area contributed by atoms with Crippen molar-refractivity contribution < 1.29 is 32.5 Å². The van der Waals surface area contributed by atoms with Crippen molar-refractivity contribution in [2.75, 3.05) is 20.3 Å². The Bertz CT molecular complexity index is 772. The van der Waals surface area contributed by atoms with Gasteiger partial charge in [0, 0.05) is 6.08 Å². The van der Waals surface area contributed by atoms with Gasteiger partial charge in [0.1, 0.15) is 19.0 Å². The fraction of sp³-hybridized carbons (Fsp3) is 0.250. The van der Waals surface area contributed by atoms with Crippen LogP contribution >= 0.6 is 0 Å². The molecule has 144 valence electrons. The summed E-state index contributed by atoms with van der Waals surface area (Å²) in [5, 5.41) is 0. The summed E-state index contributed by atoms with van der Waals surface area (Å²) >= 11 is 0. The highest BCUT2D eigenvalue weighted by atomic mass is 19.3. The van der Waals surface area contributed by atoms with Crippen LogP contribution < -0.4 is 14.2 Å². The molecule has 2 aromatic rings. The van der Waals surface area contributed by atoms with E-state index >= 15 is 0 Å². The number of methoxy groups -OCH3 is 1. The van der Waals surface area contributed by atoms with E-state index in [9.17, 15) is 13.6 Å². The van der Waals surface area contributed by atoms with E-state index in [2.05, 4.69) is 4.74 Å². The van der Waals surface area contributed by atoms with Crippen molar-refractivity contribution in [3.8, 4) is 17.2 Å². The number of aryl methyl sites for hydroxylation is 1. The van der Waals surface area contributed by atoms with Crippen molar-refractivity contribution in [3.63, 3.8) is 0 Å². The smallest absolute Gasteiger partial charge is 0.387 e. The van der Waals surface area contributed by atoms with Crippen LogP contribution in [0, 0.1) is 6.92 Å². The third kappa shape index (κ3) is 6.97. The minimum Gasteiger partial charge on any atom is -0.493 e. The van der Waals surface area contributed by atoms with Gasteiger partial charge in [0.05, 0.1) is 7.11 Å². The number of carbonyl (C=O) groups is 1. The van der Waals surface area contributed by atoms with E-state index in [1.54, 1.807) is 0 Å². The number of halogens is 2. The molecule has 2 aromatic carbocycles. The Kier molecular flexibility index (Phi) is 7.61. The van der Waals surface area contributed by atoms with E-state index in [4.69, 9.17) is 14.2 Å². The molecule has 0 heterocycles. The highest BCUT2D eigenvalue weighted by Crippen LogP contribution is 2.29. The van der Waals surface area contributed by atoms with E-state index in [1.807, 2.05) is 31.2 Å². The van der Waals surface area contributed by atoms with Crippen molar-refractivity contribution >= 4 is 12.0 Å². The number of rotatable bonds is 9. The molecule has 0 saturated heterocycles. The van der Waals surface area contributed by atoms with Crippen molar-refractivity contribution in [2.45, 2.75) is 13.5 Å². The topological polar surface area (TPSA) is 54.0 Å². The lowest BCUT2D eigenvalue weighted by molar-refractivity contribution is -0.138. The summed E-state index contributed by atoms with van der Waals surface area (Å²) in [6.07, 6.45) is 2.71. The normalized spacial score (nSPS) is 10.9. The lowest BCUT2D eigenvalue weighted by Crippen LogP contribution is -2.10. The number of carbonyl (C=O) groups excluding carboxylic acids is 1. The summed E-state index contributed by atoms with van der Waals surface area (Å²) < 4.78 is 44.4. The maximum Gasteiger partial charge on any atom is 0.387 e. The number of benzene rings is 2. The third-order valence-corrected chi connectivity index (χ3v) is 3.43. The van der Waals surface area contributed by atoms with E-state index in [-0.39, 0.29) is 24.7 Å². The second kappa shape index (κ2) is 10.2. The number of alkyl halides is 2. The summed E-state index contributed by atoms with van der Waals surface area (Å²) in [5.41, 5.74) is 1.70. The molecule has 5 nitrogen and oxygen atoms in total. The highest BCUT2D eigenvalue weighted by molar-refractivity contribution is 5.87. The summed E-state index contributed by atoms with van der Waals surface area (Å²) in [7, 11) is 1.34. The van der Waals surface area contributed by atoms with Gasteiger partial charge in [-0.2, -0.15) is 8.78 Å². The molecule has 0 unspecified atom stereocenters. The van der Waals surface area contributed by atoms with Gasteiger partial charge in [0.25, 0.3) is 0 Å². The first-order valence-electron chi connectivity index (χ1n) is 8.15. The van der Waals surface area contributed by atoms with Gasteiger partial charge in [-0.1, -0.05) is 23.8 Å². The molecule has 0 aliphatic carbocycles. The van der Waals surface area contributed by atoms with Crippen LogP contribution in [0.5, 0.6) is 17.2 Å². The lowest BCUT2D eigenvalue weighted by atomic mass is 10.2. The fourth-order valence-electron chi connectivity index (χ4n) is 2.13. The predicted molar refractivity (Wildman–Crippen MR) is 96.3 cm³/mol. The third-order valence-electron chi connectivity index (χ3n) is 3.43. The molecule has 0 fully saturated rings. The Balaban J connectivity index is 1.80. The Morgan fingerprint density at radius 1 is 1.07 bits per heavy atom. The van der Waals surface area contributed by atoms with Gasteiger partial charge >= 0.3 is 12.6 Å². The quantitative estimate of drug-likeness (QED) is 0.371. The molecule has 0 aliphatic heterocycles. The average Bonchev–Trinajstić information content (AvgIpc) is 2.65. The lowest BCUT2D eigenvalue weighted by Gasteiger charge is -2.10. The van der Waals surface area contributed by atoms with Crippen LogP contribution in [0.15, 0.2) is 48.5 Å². The van der Waals surface area contributed by atoms with Crippen molar-refractivity contribution in [2.24, 2.45) is 0 Å². The van der Waals surface area contributed by atoms with Crippen molar-refractivity contribution in [1.82, 2.24) is 0 Å². The van der Waals surface area contributed by atoms with Gasteiger partial charge in [-0.15, -0.1) is 0 Å². The summed E-state index contributed by atoms with van der Waals surface area (Å²) in [4.78, 5) is 11.7. The maximum atomic E-state index is 12.3. The SMILES string of the molecule is COc1cc(/C=C/C(=O)OCCOc2ccc(C)cc2)ccc1OC(F)F. The molecule has 0 saturated carbocycles. The van der Waals surface area contributed by atoms with Gasteiger partial charge in [0.2, 0.25) is 0 Å². The number of hydrogen-bond acceptors (Lipinski definition) is 5. The zero-order valence-electron chi connectivity index (χ0n) is 15.0. The molecular formula is C20H20F2O5. The average molecular weight is 378 g/mol. The molecule has 7 heteroatoms. The first-order valence-corrected chi connectivity index (χ1v) is 8.15. The minimum atomic E-state index is -2.95. The molecule has 0 aromatic heterocycles. The highest BCUT2D eigenvalue weighted by Gasteiger charge is 2.10. The number of ether oxygens (including phenoxy) is 4. The second-order valence-corrected chi connectivity index (χ2v) is 5.45. The fourth-order valence-corrected chi connectivity index (χ4v) is 2.13. The zero-order valence-corrected chi connectivity index (χ0v) is 15.0. The number of esters is 1. The van der Waals surface area contributed by atoms with E-state index in [0.29, 0.717) is 11.3 Å². The van der Waals surface area contributed by atoms with Crippen LogP contribution in [0.2, 0.25) is 0 Å². The number of hydrogen-bond donors (Lipinski definition) is 0. The van der Waals surface area contributed by atoms with Crippen molar-refractivity contribution in [1.29, 1.82) is 0 Å². The van der Waals surface area contributed by atoms with E-state index in [1.165, 1.54) is 37.5 Å². The van der Waals surface area contributed by atoms with Crippen LogP contribution in [0.25, 0.3) is 6.08 Å². The van der Waals surface area contributed by atoms with Gasteiger partial charge in [-0.05, 0) is 42.8 Å². The Morgan fingerprint density at radius 2 is 1.81 bits per heavy atom. The molecule has 0 radical (unpaired) electrons. The second-order valence-electron chi connectivity index (χ2n) is 5.45. The van der Waals surface area contributed by atoms with Crippen LogP contribution in [-0.2, 0) is 9.53 Å². The van der Waals surface area contributed by atoms with Gasteiger partial charge in [0.15, 0.2) is 11.5 Å². The van der Waals surface area contributed by atoms with E-state index in [0.717, 1.165) is 5.56 Å². The van der Waals surface area contributed by atoms with Crippen LogP contribution in [0.3, 0.4) is 0 Å². The summed E-state index contributed by atoms with van der Waals surface area (Å²) in [6, 6.07) is 11.9. The first kappa shape index (κ1) is 20.2. The largest absolute Gasteiger partial charge is 0.493 e. The molecule has 27 heavy (non-hydrogen) atoms. The van der Waals surface area contributed by atoms with Gasteiger partial charge in [-0.25, -0.2) is 4.79 Å². The molecule has 2 rings (SSSR count). The van der Waals surface area contributed by atoms with Crippen LogP contribution in [-0.4, -0.2) is 32.9 Å². The molecular weight excluding hydrogens is 358 g/mol. The Hall–Kier alpha value is -3.09. The standard InChI is InChI=1S/C20H20F2O5/c1-14-3-7-16(8-4-14)25-11-12-26-19(23)10-6-15-5-9-17(27-20(21)22)18(13-15)24-2/h3-10,13,20H,11-12H2,1-2H3/b10-6+. The molecule has 0 aliphatic rings. The van der Waals surface area contributed by atoms with Gasteiger partial charge < -0.3 is 18.9 Å². The minimum absolute atomic E-state index is 0.0829. The monoisotopic (exact) mass is 378 g/mol. The van der Waals surface area contributed by atoms with Crippen molar-refractivity contribution in [3.05, 3.63) is 59.7 Å². The molecule has 0 N–H and O–H groups in total. The summed E-state index contributed by atoms with van der Waals surface area (Å²) in [5.74, 6) is 0.206. The summed E-state index contributed by atoms with van der Waals surface area (Å²) in [6.45, 7) is -0.637. The molecule has 0 atom stereocenters.